The first-order valence-electron chi connectivity index (χ1n) is 4.26. The summed E-state index contributed by atoms with van der Waals surface area (Å²) in [6, 6.07) is 5.29. The second kappa shape index (κ2) is 3.26. The summed E-state index contributed by atoms with van der Waals surface area (Å²) in [6.07, 6.45) is 0. The summed E-state index contributed by atoms with van der Waals surface area (Å²) < 4.78 is 38.8. The van der Waals surface area contributed by atoms with E-state index >= 15 is 0 Å². The van der Waals surface area contributed by atoms with E-state index in [1.54, 1.807) is 0 Å². The fourth-order valence-corrected chi connectivity index (χ4v) is 2.51. The summed E-state index contributed by atoms with van der Waals surface area (Å²) in [7, 11) is 0. The van der Waals surface area contributed by atoms with E-state index < -0.39 is 23.6 Å². The fraction of sp³-hybridized carbons (Fsp3) is 0.400. The van der Waals surface area contributed by atoms with Gasteiger partial charge in [-0.25, -0.2) is 13.2 Å². The number of rotatable bonds is 2. The minimum atomic E-state index is -2.64. The van der Waals surface area contributed by atoms with Crippen LogP contribution in [0, 0.1) is 11.7 Å². The van der Waals surface area contributed by atoms with Gasteiger partial charge in [-0.3, -0.25) is 0 Å². The Morgan fingerprint density at radius 1 is 1.21 bits per heavy atom. The molecular weight excluding hydrogens is 257 g/mol. The first-order valence-corrected chi connectivity index (χ1v) is 5.38. The van der Waals surface area contributed by atoms with Gasteiger partial charge in [0.25, 0.3) is 5.92 Å². The average molecular weight is 265 g/mol. The Morgan fingerprint density at radius 3 is 2.21 bits per heavy atom. The largest absolute Gasteiger partial charge is 0.259 e. The Morgan fingerprint density at radius 2 is 1.79 bits per heavy atom. The molecule has 2 rings (SSSR count). The highest BCUT2D eigenvalue weighted by molar-refractivity contribution is 9.09. The highest BCUT2D eigenvalue weighted by atomic mass is 79.9. The van der Waals surface area contributed by atoms with Crippen LogP contribution in [0.25, 0.3) is 0 Å². The predicted molar refractivity (Wildman–Crippen MR) is 51.4 cm³/mol. The summed E-state index contributed by atoms with van der Waals surface area (Å²) in [4.78, 5) is 0. The molecule has 1 aliphatic carbocycles. The lowest BCUT2D eigenvalue weighted by Gasteiger charge is -1.97. The standard InChI is InChI=1S/C10H8BrF3/c11-5-8-9(10(8,13)14)6-1-3-7(12)4-2-6/h1-4,8-9H,5H2. The van der Waals surface area contributed by atoms with Gasteiger partial charge < -0.3 is 0 Å². The van der Waals surface area contributed by atoms with Crippen LogP contribution in [0.15, 0.2) is 24.3 Å². The van der Waals surface area contributed by atoms with Crippen molar-refractivity contribution >= 4 is 15.9 Å². The van der Waals surface area contributed by atoms with Gasteiger partial charge in [0.1, 0.15) is 5.82 Å². The zero-order valence-corrected chi connectivity index (χ0v) is 8.77. The molecular formula is C10H8BrF3. The lowest BCUT2D eigenvalue weighted by Crippen LogP contribution is -1.94. The lowest BCUT2D eigenvalue weighted by molar-refractivity contribution is 0.0973. The summed E-state index contributed by atoms with van der Waals surface area (Å²) >= 11 is 3.05. The first-order chi connectivity index (χ1) is 6.57. The van der Waals surface area contributed by atoms with E-state index in [4.69, 9.17) is 0 Å². The van der Waals surface area contributed by atoms with Crippen LogP contribution in [-0.4, -0.2) is 11.3 Å². The fourth-order valence-electron chi connectivity index (χ4n) is 1.71. The van der Waals surface area contributed by atoms with Crippen LogP contribution in [0.4, 0.5) is 13.2 Å². The molecule has 1 aromatic carbocycles. The van der Waals surface area contributed by atoms with Crippen LogP contribution in [-0.2, 0) is 0 Å². The third-order valence-electron chi connectivity index (χ3n) is 2.60. The predicted octanol–water partition coefficient (Wildman–Crippen LogP) is 3.57. The van der Waals surface area contributed by atoms with Crippen molar-refractivity contribution in [1.82, 2.24) is 0 Å². The number of benzene rings is 1. The Bertz CT molecular complexity index is 334. The van der Waals surface area contributed by atoms with Crippen LogP contribution in [0.2, 0.25) is 0 Å². The zero-order valence-electron chi connectivity index (χ0n) is 7.18. The quantitative estimate of drug-likeness (QED) is 0.717. The molecule has 2 atom stereocenters. The van der Waals surface area contributed by atoms with Crippen molar-refractivity contribution < 1.29 is 13.2 Å². The van der Waals surface area contributed by atoms with Gasteiger partial charge in [-0.2, -0.15) is 0 Å². The van der Waals surface area contributed by atoms with Crippen LogP contribution < -0.4 is 0 Å². The van der Waals surface area contributed by atoms with Gasteiger partial charge in [0, 0.05) is 11.2 Å². The van der Waals surface area contributed by atoms with Gasteiger partial charge in [-0.15, -0.1) is 0 Å². The van der Waals surface area contributed by atoms with Gasteiger partial charge >= 0.3 is 0 Å². The monoisotopic (exact) mass is 264 g/mol. The SMILES string of the molecule is Fc1ccc(C2C(CBr)C2(F)F)cc1. The van der Waals surface area contributed by atoms with Crippen LogP contribution >= 0.6 is 15.9 Å². The maximum absolute atomic E-state index is 13.1. The molecule has 0 N–H and O–H groups in total. The molecule has 0 nitrogen and oxygen atoms in total. The lowest BCUT2D eigenvalue weighted by atomic mass is 10.1. The Hall–Kier alpha value is -0.510. The van der Waals surface area contributed by atoms with Crippen LogP contribution in [0.1, 0.15) is 11.5 Å². The summed E-state index contributed by atoms with van der Waals surface area (Å²) in [6.45, 7) is 0. The van der Waals surface area contributed by atoms with Gasteiger partial charge in [-0.1, -0.05) is 28.1 Å². The minimum Gasteiger partial charge on any atom is -0.207 e. The van der Waals surface area contributed by atoms with Crippen molar-refractivity contribution in [1.29, 1.82) is 0 Å². The molecule has 1 fully saturated rings. The summed E-state index contributed by atoms with van der Waals surface area (Å²) in [5.41, 5.74) is 0.515. The topological polar surface area (TPSA) is 0 Å². The van der Waals surface area contributed by atoms with E-state index in [1.165, 1.54) is 24.3 Å². The van der Waals surface area contributed by atoms with Crippen molar-refractivity contribution in [3.05, 3.63) is 35.6 Å². The van der Waals surface area contributed by atoms with Gasteiger partial charge in [-0.05, 0) is 17.7 Å². The number of hydrogen-bond acceptors (Lipinski definition) is 0. The molecule has 0 spiro atoms. The molecule has 0 aromatic heterocycles. The van der Waals surface area contributed by atoms with E-state index in [0.717, 1.165) is 0 Å². The van der Waals surface area contributed by atoms with E-state index in [1.807, 2.05) is 0 Å². The number of alkyl halides is 3. The van der Waals surface area contributed by atoms with Gasteiger partial charge in [0.15, 0.2) is 0 Å². The van der Waals surface area contributed by atoms with Crippen molar-refractivity contribution in [2.75, 3.05) is 5.33 Å². The Balaban J connectivity index is 2.22. The molecule has 0 radical (unpaired) electrons. The third-order valence-corrected chi connectivity index (χ3v) is 3.30. The smallest absolute Gasteiger partial charge is 0.207 e. The molecule has 0 saturated heterocycles. The van der Waals surface area contributed by atoms with Crippen LogP contribution in [0.3, 0.4) is 0 Å². The molecule has 1 aromatic rings. The normalized spacial score (nSPS) is 28.9. The number of hydrogen-bond donors (Lipinski definition) is 0. The van der Waals surface area contributed by atoms with Crippen LogP contribution in [0.5, 0.6) is 0 Å². The van der Waals surface area contributed by atoms with E-state index in [2.05, 4.69) is 15.9 Å². The highest BCUT2D eigenvalue weighted by Gasteiger charge is 2.67. The molecule has 0 bridgehead atoms. The third kappa shape index (κ3) is 1.45. The number of halogens is 4. The first kappa shape index (κ1) is 10.0. The molecule has 1 saturated carbocycles. The van der Waals surface area contributed by atoms with Crippen molar-refractivity contribution in [2.45, 2.75) is 11.8 Å². The molecule has 1 aliphatic rings. The molecule has 14 heavy (non-hydrogen) atoms. The highest BCUT2D eigenvalue weighted by Crippen LogP contribution is 2.61. The molecule has 0 amide bonds. The average Bonchev–Trinajstić information content (AvgIpc) is 2.69. The molecule has 76 valence electrons. The maximum Gasteiger partial charge on any atom is 0.259 e. The van der Waals surface area contributed by atoms with E-state index in [0.29, 0.717) is 5.56 Å². The van der Waals surface area contributed by atoms with E-state index in [-0.39, 0.29) is 5.33 Å². The van der Waals surface area contributed by atoms with E-state index in [9.17, 15) is 13.2 Å². The van der Waals surface area contributed by atoms with Crippen molar-refractivity contribution in [3.63, 3.8) is 0 Å². The minimum absolute atomic E-state index is 0.280. The maximum atomic E-state index is 13.1. The Labute approximate surface area is 88.2 Å². The van der Waals surface area contributed by atoms with Crippen molar-refractivity contribution in [3.8, 4) is 0 Å². The molecule has 0 aliphatic heterocycles. The van der Waals surface area contributed by atoms with Crippen molar-refractivity contribution in [2.24, 2.45) is 5.92 Å². The zero-order chi connectivity index (χ0) is 10.3. The van der Waals surface area contributed by atoms with Gasteiger partial charge in [0.05, 0.1) is 5.92 Å². The second-order valence-corrected chi connectivity index (χ2v) is 4.11. The van der Waals surface area contributed by atoms with Gasteiger partial charge in [0.2, 0.25) is 0 Å². The second-order valence-electron chi connectivity index (χ2n) is 3.46. The summed E-state index contributed by atoms with van der Waals surface area (Å²) in [5, 5.41) is 0.280. The molecule has 4 heteroatoms. The molecule has 2 unspecified atom stereocenters. The summed E-state index contributed by atoms with van der Waals surface area (Å²) in [5.74, 6) is -4.43. The Kier molecular flexibility index (Phi) is 2.33. The molecule has 0 heterocycles.